The minimum atomic E-state index is -1.39. The largest absolute Gasteiger partial charge is 0.334 e. The molecule has 2 heterocycles. The van der Waals surface area contributed by atoms with Crippen molar-refractivity contribution in [2.75, 3.05) is 13.1 Å². The van der Waals surface area contributed by atoms with Crippen LogP contribution in [0.15, 0.2) is 114 Å². The first-order chi connectivity index (χ1) is 19.5. The van der Waals surface area contributed by atoms with Gasteiger partial charge in [0.05, 0.1) is 6.20 Å². The van der Waals surface area contributed by atoms with Gasteiger partial charge in [-0.3, -0.25) is 9.89 Å². The molecule has 1 amide bonds. The first-order valence-electron chi connectivity index (χ1n) is 13.7. The van der Waals surface area contributed by atoms with E-state index in [-0.39, 0.29) is 18.9 Å². The van der Waals surface area contributed by atoms with Crippen molar-refractivity contribution in [3.8, 4) is 0 Å². The molecule has 0 saturated heterocycles. The average Bonchev–Trinajstić information content (AvgIpc) is 3.47. The molecule has 41 heavy (non-hydrogen) atoms. The van der Waals surface area contributed by atoms with Crippen LogP contribution < -0.4 is 5.32 Å². The van der Waals surface area contributed by atoms with Crippen molar-refractivity contribution < 1.29 is 9.18 Å². The summed E-state index contributed by atoms with van der Waals surface area (Å²) >= 11 is 0. The summed E-state index contributed by atoms with van der Waals surface area (Å²) in [5.41, 5.74) is 2.75. The van der Waals surface area contributed by atoms with Gasteiger partial charge in [0.1, 0.15) is 17.3 Å². The molecule has 2 unspecified atom stereocenters. The second-order valence-corrected chi connectivity index (χ2v) is 10.3. The van der Waals surface area contributed by atoms with E-state index in [1.54, 1.807) is 38.1 Å². The number of allylic oxidation sites excluding steroid dienone is 5. The number of aromatic amines is 1. The molecule has 2 rings (SSSR count). The van der Waals surface area contributed by atoms with Gasteiger partial charge >= 0.3 is 0 Å². The summed E-state index contributed by atoms with van der Waals surface area (Å²) in [6.07, 6.45) is 20.6. The zero-order chi connectivity index (χ0) is 30.4. The van der Waals surface area contributed by atoms with Gasteiger partial charge in [-0.25, -0.2) is 14.4 Å². The van der Waals surface area contributed by atoms with Gasteiger partial charge in [-0.1, -0.05) is 64.0 Å². The number of hydrogen-bond donors (Lipinski definition) is 2. The van der Waals surface area contributed by atoms with Gasteiger partial charge in [0.25, 0.3) is 0 Å². The van der Waals surface area contributed by atoms with E-state index in [9.17, 15) is 9.18 Å². The van der Waals surface area contributed by atoms with Crippen LogP contribution in [0.3, 0.4) is 0 Å². The van der Waals surface area contributed by atoms with Crippen molar-refractivity contribution in [3.63, 3.8) is 0 Å². The van der Waals surface area contributed by atoms with Crippen LogP contribution >= 0.6 is 0 Å². The zero-order valence-electron chi connectivity index (χ0n) is 25.0. The van der Waals surface area contributed by atoms with Gasteiger partial charge in [0.2, 0.25) is 5.91 Å². The number of amidine groups is 2. The maximum absolute atomic E-state index is 14.6. The molecular formula is C33H43FN6O. The van der Waals surface area contributed by atoms with Crippen LogP contribution in [0.25, 0.3) is 5.57 Å². The Morgan fingerprint density at radius 1 is 1.29 bits per heavy atom. The van der Waals surface area contributed by atoms with Crippen molar-refractivity contribution in [2.45, 2.75) is 53.1 Å². The number of aromatic nitrogens is 2. The Kier molecular flexibility index (Phi) is 12.9. The molecule has 7 nitrogen and oxygen atoms in total. The fourth-order valence-electron chi connectivity index (χ4n) is 4.22. The number of rotatable bonds is 10. The van der Waals surface area contributed by atoms with E-state index in [4.69, 9.17) is 0 Å². The monoisotopic (exact) mass is 558 g/mol. The lowest BCUT2D eigenvalue weighted by molar-refractivity contribution is -0.135. The minimum Gasteiger partial charge on any atom is -0.334 e. The van der Waals surface area contributed by atoms with Crippen LogP contribution in [-0.4, -0.2) is 51.4 Å². The quantitative estimate of drug-likeness (QED) is 0.184. The molecule has 1 aliphatic heterocycles. The standard InChI is InChI=1S/C33H43FN6O/c1-9-13-28(30-20-37-38-21-30)14-12-17-36-27(7)39-31(35-11-3)29-16-15-24(4)22-40(23-25(5)18-29)32(41)26(6)19-33(8,34)10-2/h9,11-18,20-21,26H,3-5,10,19,22-23H2,1-2,6-8H3,(H,37,38)(H,35,36,39)/b13-9-,16-15?,17-12+,28-14+,29-18?. The number of carbonyl (C=O) groups is 1. The van der Waals surface area contributed by atoms with Crippen LogP contribution in [0.2, 0.25) is 0 Å². The summed E-state index contributed by atoms with van der Waals surface area (Å²) < 4.78 is 14.6. The highest BCUT2D eigenvalue weighted by molar-refractivity contribution is 6.10. The number of alkyl halides is 1. The maximum atomic E-state index is 14.6. The molecule has 1 aromatic heterocycles. The third kappa shape index (κ3) is 11.0. The van der Waals surface area contributed by atoms with Crippen molar-refractivity contribution in [1.29, 1.82) is 0 Å². The molecule has 0 fully saturated rings. The fraction of sp³-hybridized carbons (Fsp3) is 0.333. The molecule has 0 aliphatic carbocycles. The van der Waals surface area contributed by atoms with Crippen LogP contribution in [0.5, 0.6) is 0 Å². The molecule has 0 bridgehead atoms. The Hall–Kier alpha value is -4.33. The van der Waals surface area contributed by atoms with Crippen LogP contribution in [-0.2, 0) is 4.79 Å². The van der Waals surface area contributed by atoms with Gasteiger partial charge < -0.3 is 10.2 Å². The van der Waals surface area contributed by atoms with E-state index in [1.807, 2.05) is 62.6 Å². The Morgan fingerprint density at radius 2 is 2.02 bits per heavy atom. The SMILES string of the molecule is C=CN=C(NC(C)=N/C=C/C=C(\C=C/C)c1cn[nH]c1)C1=CC(=C)CN(C(=O)C(C)CC(C)(F)CC)CC(=C)C=C1. The Labute approximate surface area is 244 Å². The van der Waals surface area contributed by atoms with Gasteiger partial charge in [0, 0.05) is 48.7 Å². The summed E-state index contributed by atoms with van der Waals surface area (Å²) in [4.78, 5) is 23.8. The van der Waals surface area contributed by atoms with Gasteiger partial charge in [-0.2, -0.15) is 5.10 Å². The molecule has 2 atom stereocenters. The summed E-state index contributed by atoms with van der Waals surface area (Å²) in [7, 11) is 0. The van der Waals surface area contributed by atoms with Gasteiger partial charge in [0.15, 0.2) is 0 Å². The van der Waals surface area contributed by atoms with Gasteiger partial charge in [-0.05, 0) is 62.5 Å². The van der Waals surface area contributed by atoms with Crippen LogP contribution in [0.4, 0.5) is 4.39 Å². The second kappa shape index (κ2) is 16.1. The number of H-pyrrole nitrogens is 1. The highest BCUT2D eigenvalue weighted by Gasteiger charge is 2.30. The number of nitrogens with one attached hydrogen (secondary N) is 2. The topological polar surface area (TPSA) is 85.7 Å². The first kappa shape index (κ1) is 32.9. The van der Waals surface area contributed by atoms with Crippen LogP contribution in [0, 0.1) is 5.92 Å². The predicted molar refractivity (Wildman–Crippen MR) is 170 cm³/mol. The zero-order valence-corrected chi connectivity index (χ0v) is 25.0. The van der Waals surface area contributed by atoms with Crippen molar-refractivity contribution in [2.24, 2.45) is 15.9 Å². The number of hydrogen-bond acceptors (Lipinski definition) is 4. The summed E-state index contributed by atoms with van der Waals surface area (Å²) in [6, 6.07) is 0. The molecule has 2 N–H and O–H groups in total. The molecule has 1 aromatic rings. The fourth-order valence-corrected chi connectivity index (χ4v) is 4.22. The molecule has 8 heteroatoms. The summed E-state index contributed by atoms with van der Waals surface area (Å²) in [5.74, 6) is 0.546. The average molecular weight is 559 g/mol. The first-order valence-corrected chi connectivity index (χ1v) is 13.7. The van der Waals surface area contributed by atoms with E-state index in [2.05, 4.69) is 45.2 Å². The Bertz CT molecular complexity index is 1300. The number of nitrogens with zero attached hydrogens (tertiary/aromatic N) is 4. The summed E-state index contributed by atoms with van der Waals surface area (Å²) in [5, 5.41) is 10.1. The highest BCUT2D eigenvalue weighted by atomic mass is 19.1. The van der Waals surface area contributed by atoms with Crippen molar-refractivity contribution in [1.82, 2.24) is 20.4 Å². The number of aliphatic imine (C=N–C) groups is 2. The van der Waals surface area contributed by atoms with Gasteiger partial charge in [-0.15, -0.1) is 0 Å². The van der Waals surface area contributed by atoms with E-state index in [0.717, 1.165) is 22.3 Å². The predicted octanol–water partition coefficient (Wildman–Crippen LogP) is 7.03. The molecule has 1 aliphatic rings. The minimum absolute atomic E-state index is 0.123. The number of amides is 1. The van der Waals surface area contributed by atoms with E-state index >= 15 is 0 Å². The van der Waals surface area contributed by atoms with Crippen molar-refractivity contribution >= 4 is 23.2 Å². The van der Waals surface area contributed by atoms with Crippen molar-refractivity contribution in [3.05, 3.63) is 109 Å². The van der Waals surface area contributed by atoms with E-state index < -0.39 is 11.6 Å². The highest BCUT2D eigenvalue weighted by Crippen LogP contribution is 2.26. The Morgan fingerprint density at radius 3 is 2.66 bits per heavy atom. The normalized spacial score (nSPS) is 18.1. The smallest absolute Gasteiger partial charge is 0.226 e. The molecule has 0 spiro atoms. The molecule has 0 radical (unpaired) electrons. The maximum Gasteiger partial charge on any atom is 0.226 e. The lowest BCUT2D eigenvalue weighted by Gasteiger charge is -2.29. The molecule has 218 valence electrons. The van der Waals surface area contributed by atoms with Crippen LogP contribution in [0.1, 0.15) is 53.0 Å². The van der Waals surface area contributed by atoms with E-state index in [1.165, 1.54) is 6.20 Å². The molecule has 0 aromatic carbocycles. The Balaban J connectivity index is 2.22. The third-order valence-corrected chi connectivity index (χ3v) is 6.45. The third-order valence-electron chi connectivity index (χ3n) is 6.45. The molecule has 0 saturated carbocycles. The lowest BCUT2D eigenvalue weighted by Crippen LogP contribution is -2.39. The number of carbonyl (C=O) groups excluding carboxylic acids is 1. The summed E-state index contributed by atoms with van der Waals surface area (Å²) in [6.45, 7) is 21.5. The number of halogens is 1. The second-order valence-electron chi connectivity index (χ2n) is 10.3. The lowest BCUT2D eigenvalue weighted by atomic mass is 9.91. The van der Waals surface area contributed by atoms with E-state index in [0.29, 0.717) is 30.2 Å². The molecular weight excluding hydrogens is 515 g/mol.